The molecule has 0 aromatic rings. The lowest BCUT2D eigenvalue weighted by Gasteiger charge is -2.33. The molecular formula is C14H27N3O2. The van der Waals surface area contributed by atoms with Crippen LogP contribution in [0.3, 0.4) is 0 Å². The summed E-state index contributed by atoms with van der Waals surface area (Å²) in [6, 6.07) is 0. The zero-order valence-corrected chi connectivity index (χ0v) is 12.0. The highest BCUT2D eigenvalue weighted by Crippen LogP contribution is 2.39. The van der Waals surface area contributed by atoms with Gasteiger partial charge in [0.05, 0.1) is 5.54 Å². The van der Waals surface area contributed by atoms with Gasteiger partial charge in [0, 0.05) is 19.8 Å². The van der Waals surface area contributed by atoms with Gasteiger partial charge >= 0.3 is 0 Å². The van der Waals surface area contributed by atoms with Crippen LogP contribution in [0.25, 0.3) is 0 Å². The van der Waals surface area contributed by atoms with Crippen LogP contribution in [0.5, 0.6) is 0 Å². The van der Waals surface area contributed by atoms with Crippen molar-refractivity contribution in [3.8, 4) is 0 Å². The second-order valence-electron chi connectivity index (χ2n) is 6.52. The maximum Gasteiger partial charge on any atom is 0.237 e. The number of likely N-dealkylation sites (tertiary alicyclic amines) is 1. The number of hydrogen-bond acceptors (Lipinski definition) is 4. The molecule has 0 aromatic carbocycles. The summed E-state index contributed by atoms with van der Waals surface area (Å²) >= 11 is 0. The van der Waals surface area contributed by atoms with Gasteiger partial charge in [0.25, 0.3) is 0 Å². The normalized spacial score (nSPS) is 26.4. The van der Waals surface area contributed by atoms with Crippen LogP contribution in [0.2, 0.25) is 0 Å². The van der Waals surface area contributed by atoms with Crippen molar-refractivity contribution in [1.29, 1.82) is 0 Å². The second kappa shape index (κ2) is 5.77. The Labute approximate surface area is 115 Å². The monoisotopic (exact) mass is 269 g/mol. The topological polar surface area (TPSA) is 81.6 Å². The maximum atomic E-state index is 11.2. The molecule has 1 unspecified atom stereocenters. The Kier molecular flexibility index (Phi) is 4.48. The molecule has 1 atom stereocenters. The van der Waals surface area contributed by atoms with Gasteiger partial charge in [0.1, 0.15) is 0 Å². The van der Waals surface area contributed by atoms with Crippen LogP contribution in [0.1, 0.15) is 39.0 Å². The van der Waals surface area contributed by atoms with E-state index in [-0.39, 0.29) is 0 Å². The molecule has 5 nitrogen and oxygen atoms in total. The van der Waals surface area contributed by atoms with Crippen molar-refractivity contribution >= 4 is 5.91 Å². The lowest BCUT2D eigenvalue weighted by atomic mass is 9.80. The number of nitrogens with two attached hydrogens (primary N) is 2. The minimum atomic E-state index is -0.865. The minimum absolute atomic E-state index is 0.408. The molecule has 0 bridgehead atoms. The van der Waals surface area contributed by atoms with E-state index in [9.17, 15) is 4.79 Å². The second-order valence-corrected chi connectivity index (χ2v) is 6.52. The number of nitrogens with zero attached hydrogens (tertiary/aromatic N) is 1. The van der Waals surface area contributed by atoms with Gasteiger partial charge < -0.3 is 21.1 Å². The fourth-order valence-electron chi connectivity index (χ4n) is 3.22. The van der Waals surface area contributed by atoms with Crippen LogP contribution >= 0.6 is 0 Å². The number of ether oxygens (including phenoxy) is 1. The zero-order chi connectivity index (χ0) is 13.9. The Balaban J connectivity index is 1.72. The van der Waals surface area contributed by atoms with Gasteiger partial charge in [0.15, 0.2) is 0 Å². The number of hydrogen-bond donors (Lipinski definition) is 2. The summed E-state index contributed by atoms with van der Waals surface area (Å²) in [7, 11) is 0. The average molecular weight is 269 g/mol. The van der Waals surface area contributed by atoms with Gasteiger partial charge in [0.2, 0.25) is 5.91 Å². The highest BCUT2D eigenvalue weighted by molar-refractivity contribution is 5.83. The van der Waals surface area contributed by atoms with E-state index in [1.54, 1.807) is 6.92 Å². The Morgan fingerprint density at radius 1 is 1.37 bits per heavy atom. The molecule has 0 aromatic heterocycles. The first kappa shape index (κ1) is 14.8. The molecule has 0 aliphatic carbocycles. The first-order valence-corrected chi connectivity index (χ1v) is 7.33. The van der Waals surface area contributed by atoms with Crippen molar-refractivity contribution in [2.45, 2.75) is 44.6 Å². The predicted octanol–water partition coefficient (Wildman–Crippen LogP) is 0.472. The first-order chi connectivity index (χ1) is 8.94. The van der Waals surface area contributed by atoms with Crippen LogP contribution in [0.4, 0.5) is 0 Å². The van der Waals surface area contributed by atoms with E-state index in [0.717, 1.165) is 32.7 Å². The third-order valence-electron chi connectivity index (χ3n) is 4.80. The summed E-state index contributed by atoms with van der Waals surface area (Å²) in [6.07, 6.45) is 5.27. The molecule has 0 saturated carbocycles. The van der Waals surface area contributed by atoms with Gasteiger partial charge in [-0.2, -0.15) is 0 Å². The van der Waals surface area contributed by atoms with Crippen LogP contribution in [-0.4, -0.2) is 49.2 Å². The fourth-order valence-corrected chi connectivity index (χ4v) is 3.22. The van der Waals surface area contributed by atoms with Crippen LogP contribution in [0, 0.1) is 5.41 Å². The van der Waals surface area contributed by atoms with Crippen LogP contribution in [0.15, 0.2) is 0 Å². The molecule has 5 heteroatoms. The van der Waals surface area contributed by atoms with E-state index in [0.29, 0.717) is 11.8 Å². The molecule has 110 valence electrons. The van der Waals surface area contributed by atoms with Gasteiger partial charge in [-0.1, -0.05) is 0 Å². The smallest absolute Gasteiger partial charge is 0.237 e. The Hall–Kier alpha value is -0.650. The van der Waals surface area contributed by atoms with Crippen LogP contribution in [-0.2, 0) is 9.53 Å². The fraction of sp³-hybridized carbons (Fsp3) is 0.929. The molecule has 19 heavy (non-hydrogen) atoms. The van der Waals surface area contributed by atoms with Gasteiger partial charge in [-0.05, 0) is 57.5 Å². The standard InChI is InChI=1S/C14H27N3O2/c1-13(16,12(15)18)3-2-7-17-8-4-14(11-17)5-9-19-10-6-14/h2-11,16H2,1H3,(H2,15,18). The Morgan fingerprint density at radius 2 is 2.05 bits per heavy atom. The Bertz CT molecular complexity index is 325. The molecule has 2 heterocycles. The molecule has 2 rings (SSSR count). The molecule has 1 spiro atoms. The molecule has 2 aliphatic rings. The van der Waals surface area contributed by atoms with Gasteiger partial charge in [-0.25, -0.2) is 0 Å². The highest BCUT2D eigenvalue weighted by atomic mass is 16.5. The largest absolute Gasteiger partial charge is 0.381 e. The summed E-state index contributed by atoms with van der Waals surface area (Å²) in [4.78, 5) is 13.7. The zero-order valence-electron chi connectivity index (χ0n) is 12.0. The summed E-state index contributed by atoms with van der Waals surface area (Å²) in [5.74, 6) is -0.408. The summed E-state index contributed by atoms with van der Waals surface area (Å²) < 4.78 is 5.46. The molecule has 0 radical (unpaired) electrons. The average Bonchev–Trinajstić information content (AvgIpc) is 2.73. The quantitative estimate of drug-likeness (QED) is 0.760. The highest BCUT2D eigenvalue weighted by Gasteiger charge is 2.39. The van der Waals surface area contributed by atoms with Gasteiger partial charge in [-0.3, -0.25) is 4.79 Å². The molecule has 1 amide bonds. The molecule has 2 fully saturated rings. The molecular weight excluding hydrogens is 242 g/mol. The van der Waals surface area contributed by atoms with Crippen molar-refractivity contribution < 1.29 is 9.53 Å². The third-order valence-corrected chi connectivity index (χ3v) is 4.80. The van der Waals surface area contributed by atoms with Crippen molar-refractivity contribution in [3.63, 3.8) is 0 Å². The number of primary amides is 1. The minimum Gasteiger partial charge on any atom is -0.381 e. The van der Waals surface area contributed by atoms with E-state index in [2.05, 4.69) is 4.90 Å². The van der Waals surface area contributed by atoms with E-state index < -0.39 is 11.4 Å². The third kappa shape index (κ3) is 3.68. The number of rotatable bonds is 5. The van der Waals surface area contributed by atoms with Crippen molar-refractivity contribution in [3.05, 3.63) is 0 Å². The summed E-state index contributed by atoms with van der Waals surface area (Å²) in [6.45, 7) is 6.90. The number of amides is 1. The van der Waals surface area contributed by atoms with E-state index >= 15 is 0 Å². The Morgan fingerprint density at radius 3 is 2.68 bits per heavy atom. The van der Waals surface area contributed by atoms with Crippen molar-refractivity contribution in [2.75, 3.05) is 32.8 Å². The van der Waals surface area contributed by atoms with Gasteiger partial charge in [-0.15, -0.1) is 0 Å². The summed E-state index contributed by atoms with van der Waals surface area (Å²) in [5, 5.41) is 0. The first-order valence-electron chi connectivity index (χ1n) is 7.33. The lowest BCUT2D eigenvalue weighted by Crippen LogP contribution is -2.49. The van der Waals surface area contributed by atoms with E-state index in [4.69, 9.17) is 16.2 Å². The van der Waals surface area contributed by atoms with E-state index in [1.807, 2.05) is 0 Å². The van der Waals surface area contributed by atoms with E-state index in [1.165, 1.54) is 25.8 Å². The van der Waals surface area contributed by atoms with Crippen molar-refractivity contribution in [2.24, 2.45) is 16.9 Å². The summed E-state index contributed by atoms with van der Waals surface area (Å²) in [5.41, 5.74) is 10.8. The molecule has 4 N–H and O–H groups in total. The lowest BCUT2D eigenvalue weighted by molar-refractivity contribution is -0.122. The maximum absolute atomic E-state index is 11.2. The predicted molar refractivity (Wildman–Crippen MR) is 74.6 cm³/mol. The number of carbonyl (C=O) groups is 1. The van der Waals surface area contributed by atoms with Crippen molar-refractivity contribution in [1.82, 2.24) is 4.90 Å². The SMILES string of the molecule is CC(N)(CCCN1CCC2(CCOCC2)C1)C(N)=O. The number of carbonyl (C=O) groups excluding carboxylic acids is 1. The molecule has 2 aliphatic heterocycles. The van der Waals surface area contributed by atoms with Crippen LogP contribution < -0.4 is 11.5 Å². The molecule has 2 saturated heterocycles.